The molecule has 0 saturated carbocycles. The summed E-state index contributed by atoms with van der Waals surface area (Å²) in [5.41, 5.74) is 1.11. The van der Waals surface area contributed by atoms with E-state index in [-0.39, 0.29) is 26.1 Å². The lowest BCUT2D eigenvalue weighted by atomic mass is 10.1. The Kier molecular flexibility index (Phi) is 5.83. The highest BCUT2D eigenvalue weighted by molar-refractivity contribution is 5.30. The molecule has 0 atom stereocenters. The van der Waals surface area contributed by atoms with E-state index in [0.717, 1.165) is 5.56 Å². The first kappa shape index (κ1) is 15.4. The lowest BCUT2D eigenvalue weighted by Gasteiger charge is -2.04. The van der Waals surface area contributed by atoms with E-state index in [1.165, 1.54) is 0 Å². The second-order valence-electron chi connectivity index (χ2n) is 4.49. The smallest absolute Gasteiger partial charge is 0.277 e. The summed E-state index contributed by atoms with van der Waals surface area (Å²) in [5.74, 6) is 1.45. The third kappa shape index (κ3) is 4.53. The minimum Gasteiger partial charge on any atom is -0.474 e. The van der Waals surface area contributed by atoms with E-state index in [4.69, 9.17) is 20.0 Å². The van der Waals surface area contributed by atoms with Gasteiger partial charge < -0.3 is 14.5 Å². The topological polar surface area (TPSA) is 94.7 Å². The molecule has 0 aliphatic rings. The van der Waals surface area contributed by atoms with Crippen molar-refractivity contribution in [3.63, 3.8) is 0 Å². The molecule has 0 spiro atoms. The van der Waals surface area contributed by atoms with Gasteiger partial charge in [0.2, 0.25) is 0 Å². The summed E-state index contributed by atoms with van der Waals surface area (Å²) in [4.78, 5) is 7.43. The van der Waals surface area contributed by atoms with Crippen molar-refractivity contribution in [2.45, 2.75) is 19.3 Å². The number of nitrogens with one attached hydrogen (secondary N) is 1. The minimum atomic E-state index is 0.251. The van der Waals surface area contributed by atoms with E-state index < -0.39 is 0 Å². The number of ether oxygens (including phenoxy) is 2. The summed E-state index contributed by atoms with van der Waals surface area (Å²) in [6.07, 6.45) is 1.18. The van der Waals surface area contributed by atoms with E-state index in [2.05, 4.69) is 9.97 Å². The van der Waals surface area contributed by atoms with E-state index >= 15 is 0 Å². The lowest BCUT2D eigenvalue weighted by Crippen LogP contribution is -2.01. The molecule has 0 saturated heterocycles. The summed E-state index contributed by atoms with van der Waals surface area (Å²) in [7, 11) is 0. The molecule has 0 aliphatic heterocycles. The lowest BCUT2D eigenvalue weighted by molar-refractivity contribution is 0.264. The fourth-order valence-electron chi connectivity index (χ4n) is 1.85. The van der Waals surface area contributed by atoms with Crippen molar-refractivity contribution in [3.8, 4) is 23.9 Å². The van der Waals surface area contributed by atoms with Gasteiger partial charge in [0.05, 0.1) is 25.0 Å². The monoisotopic (exact) mass is 296 g/mol. The van der Waals surface area contributed by atoms with Crippen molar-refractivity contribution >= 4 is 0 Å². The average Bonchev–Trinajstić information content (AvgIpc) is 2.91. The molecular formula is C16H16N4O2. The first-order valence-corrected chi connectivity index (χ1v) is 6.95. The molecule has 0 bridgehead atoms. The Bertz CT molecular complexity index is 630. The van der Waals surface area contributed by atoms with Gasteiger partial charge in [0.15, 0.2) is 0 Å². The van der Waals surface area contributed by atoms with Crippen LogP contribution in [0.15, 0.2) is 30.3 Å². The molecule has 1 aromatic heterocycles. The Labute approximate surface area is 128 Å². The predicted octanol–water partition coefficient (Wildman–Crippen LogP) is 2.59. The van der Waals surface area contributed by atoms with Gasteiger partial charge in [0.25, 0.3) is 11.8 Å². The Hall–Kier alpha value is -2.99. The highest BCUT2D eigenvalue weighted by Crippen LogP contribution is 2.25. The Morgan fingerprint density at radius 3 is 2.36 bits per heavy atom. The first-order chi connectivity index (χ1) is 10.8. The normalized spacial score (nSPS) is 9.73. The number of nitriles is 2. The van der Waals surface area contributed by atoms with Gasteiger partial charge in [0, 0.05) is 6.42 Å². The SMILES string of the molecule is N#CCCOc1nc(Cc2ccccc2)[nH]c1OCCC#N. The number of aromatic amines is 1. The molecule has 1 aromatic carbocycles. The van der Waals surface area contributed by atoms with Gasteiger partial charge in [0.1, 0.15) is 19.0 Å². The summed E-state index contributed by atoms with van der Waals surface area (Å²) in [5, 5.41) is 17.1. The van der Waals surface area contributed by atoms with Crippen LogP contribution >= 0.6 is 0 Å². The molecule has 22 heavy (non-hydrogen) atoms. The van der Waals surface area contributed by atoms with Crippen LogP contribution in [0.5, 0.6) is 11.8 Å². The van der Waals surface area contributed by atoms with Crippen LogP contribution in [0, 0.1) is 22.7 Å². The van der Waals surface area contributed by atoms with Gasteiger partial charge in [-0.15, -0.1) is 0 Å². The molecule has 0 aliphatic carbocycles. The average molecular weight is 296 g/mol. The third-order valence-electron chi connectivity index (χ3n) is 2.82. The van der Waals surface area contributed by atoms with E-state index in [0.29, 0.717) is 24.0 Å². The maximum Gasteiger partial charge on any atom is 0.277 e. The molecular weight excluding hydrogens is 280 g/mol. The molecule has 0 unspecified atom stereocenters. The molecule has 0 radical (unpaired) electrons. The zero-order chi connectivity index (χ0) is 15.6. The van der Waals surface area contributed by atoms with Gasteiger partial charge in [-0.1, -0.05) is 30.3 Å². The molecule has 112 valence electrons. The Morgan fingerprint density at radius 1 is 1.00 bits per heavy atom. The predicted molar refractivity (Wildman–Crippen MR) is 79.3 cm³/mol. The Morgan fingerprint density at radius 2 is 1.68 bits per heavy atom. The van der Waals surface area contributed by atoms with Crippen molar-refractivity contribution in [1.29, 1.82) is 10.5 Å². The van der Waals surface area contributed by atoms with E-state index in [1.54, 1.807) is 0 Å². The fourth-order valence-corrected chi connectivity index (χ4v) is 1.85. The third-order valence-corrected chi connectivity index (χ3v) is 2.82. The van der Waals surface area contributed by atoms with Gasteiger partial charge in [-0.05, 0) is 5.56 Å². The number of aromatic nitrogens is 2. The summed E-state index contributed by atoms with van der Waals surface area (Å²) >= 11 is 0. The standard InChI is InChI=1S/C16H16N4O2/c17-8-4-10-21-15-16(22-11-5-9-18)20-14(19-15)12-13-6-2-1-3-7-13/h1-3,6-7H,4-5,10-12H2,(H,19,20). The molecule has 6 heteroatoms. The largest absolute Gasteiger partial charge is 0.474 e. The van der Waals surface area contributed by atoms with Crippen molar-refractivity contribution in [1.82, 2.24) is 9.97 Å². The number of hydrogen-bond acceptors (Lipinski definition) is 5. The quantitative estimate of drug-likeness (QED) is 0.755. The molecule has 6 nitrogen and oxygen atoms in total. The maximum absolute atomic E-state index is 8.56. The Balaban J connectivity index is 2.08. The van der Waals surface area contributed by atoms with Crippen LogP contribution in [-0.4, -0.2) is 23.2 Å². The molecule has 2 aromatic rings. The van der Waals surface area contributed by atoms with Crippen LogP contribution in [0.4, 0.5) is 0 Å². The second kappa shape index (κ2) is 8.33. The van der Waals surface area contributed by atoms with Crippen LogP contribution in [0.25, 0.3) is 0 Å². The summed E-state index contributed by atoms with van der Waals surface area (Å²) in [6, 6.07) is 13.9. The first-order valence-electron chi connectivity index (χ1n) is 6.95. The number of imidazole rings is 1. The highest BCUT2D eigenvalue weighted by atomic mass is 16.5. The number of hydrogen-bond donors (Lipinski definition) is 1. The van der Waals surface area contributed by atoms with E-state index in [1.807, 2.05) is 42.5 Å². The highest BCUT2D eigenvalue weighted by Gasteiger charge is 2.13. The van der Waals surface area contributed by atoms with Crippen LogP contribution in [0.1, 0.15) is 24.2 Å². The summed E-state index contributed by atoms with van der Waals surface area (Å²) in [6.45, 7) is 0.513. The molecule has 0 fully saturated rings. The second-order valence-corrected chi connectivity index (χ2v) is 4.49. The number of nitrogens with zero attached hydrogens (tertiary/aromatic N) is 3. The summed E-state index contributed by atoms with van der Waals surface area (Å²) < 4.78 is 10.9. The van der Waals surface area contributed by atoms with Crippen molar-refractivity contribution < 1.29 is 9.47 Å². The molecule has 0 amide bonds. The van der Waals surface area contributed by atoms with Crippen molar-refractivity contribution in [2.24, 2.45) is 0 Å². The van der Waals surface area contributed by atoms with Gasteiger partial charge >= 0.3 is 0 Å². The van der Waals surface area contributed by atoms with Gasteiger partial charge in [-0.25, -0.2) is 0 Å². The minimum absolute atomic E-state index is 0.251. The van der Waals surface area contributed by atoms with Crippen molar-refractivity contribution in [3.05, 3.63) is 41.7 Å². The van der Waals surface area contributed by atoms with Crippen molar-refractivity contribution in [2.75, 3.05) is 13.2 Å². The van der Waals surface area contributed by atoms with Crippen LogP contribution in [0.3, 0.4) is 0 Å². The number of benzene rings is 1. The van der Waals surface area contributed by atoms with Crippen LogP contribution in [0.2, 0.25) is 0 Å². The number of H-pyrrole nitrogens is 1. The molecule has 1 N–H and O–H groups in total. The van der Waals surface area contributed by atoms with Crippen LogP contribution in [-0.2, 0) is 6.42 Å². The zero-order valence-corrected chi connectivity index (χ0v) is 12.1. The van der Waals surface area contributed by atoms with Gasteiger partial charge in [-0.3, -0.25) is 0 Å². The molecule has 2 rings (SSSR count). The van der Waals surface area contributed by atoms with Crippen LogP contribution < -0.4 is 9.47 Å². The van der Waals surface area contributed by atoms with E-state index in [9.17, 15) is 0 Å². The fraction of sp³-hybridized carbons (Fsp3) is 0.312. The zero-order valence-electron chi connectivity index (χ0n) is 12.1. The molecule has 1 heterocycles. The van der Waals surface area contributed by atoms with Gasteiger partial charge in [-0.2, -0.15) is 15.5 Å². The maximum atomic E-state index is 8.56. The number of rotatable bonds is 8.